The fourth-order valence-electron chi connectivity index (χ4n) is 1.22. The third kappa shape index (κ3) is 4.52. The Morgan fingerprint density at radius 2 is 1.94 bits per heavy atom. The summed E-state index contributed by atoms with van der Waals surface area (Å²) in [7, 11) is 0. The molecular weight excluding hydrogens is 349 g/mol. The van der Waals surface area contributed by atoms with Crippen molar-refractivity contribution in [2.45, 2.75) is 26.4 Å². The molecule has 1 aromatic rings. The minimum Gasteiger partial charge on any atom is -0.478 e. The fraction of sp³-hybridized carbons (Fsp3) is 0.333. The van der Waals surface area contributed by atoms with E-state index in [0.717, 1.165) is 3.57 Å². The van der Waals surface area contributed by atoms with Gasteiger partial charge in [-0.2, -0.15) is 0 Å². The van der Waals surface area contributed by atoms with Gasteiger partial charge in [-0.3, -0.25) is 5.32 Å². The Kier molecular flexibility index (Phi) is 4.55. The van der Waals surface area contributed by atoms with Crippen molar-refractivity contribution in [1.82, 2.24) is 0 Å². The minimum atomic E-state index is -1.10. The molecule has 0 aliphatic rings. The molecule has 98 valence electrons. The summed E-state index contributed by atoms with van der Waals surface area (Å²) >= 11 is 2.04. The summed E-state index contributed by atoms with van der Waals surface area (Å²) in [6, 6.07) is 4.68. The van der Waals surface area contributed by atoms with Crippen LogP contribution >= 0.6 is 22.6 Å². The summed E-state index contributed by atoms with van der Waals surface area (Å²) in [6.07, 6.45) is -0.674. The molecule has 0 aliphatic carbocycles. The van der Waals surface area contributed by atoms with Gasteiger partial charge in [0.15, 0.2) is 0 Å². The van der Waals surface area contributed by atoms with Crippen LogP contribution in [0.2, 0.25) is 0 Å². The van der Waals surface area contributed by atoms with E-state index >= 15 is 0 Å². The molecule has 0 unspecified atom stereocenters. The van der Waals surface area contributed by atoms with Crippen molar-refractivity contribution in [2.24, 2.45) is 0 Å². The van der Waals surface area contributed by atoms with E-state index in [1.807, 2.05) is 22.6 Å². The Bertz CT molecular complexity index is 479. The molecule has 0 bridgehead atoms. The predicted molar refractivity (Wildman–Crippen MR) is 76.0 cm³/mol. The van der Waals surface area contributed by atoms with E-state index in [4.69, 9.17) is 9.84 Å². The molecule has 0 atom stereocenters. The van der Waals surface area contributed by atoms with Crippen LogP contribution in [0.1, 0.15) is 31.1 Å². The van der Waals surface area contributed by atoms with Gasteiger partial charge in [0.2, 0.25) is 0 Å². The van der Waals surface area contributed by atoms with Crippen molar-refractivity contribution in [3.05, 3.63) is 27.3 Å². The molecule has 0 saturated carbocycles. The molecule has 0 radical (unpaired) electrons. The topological polar surface area (TPSA) is 75.6 Å². The summed E-state index contributed by atoms with van der Waals surface area (Å²) in [5.74, 6) is -1.10. The smallest absolute Gasteiger partial charge is 0.412 e. The molecule has 1 rings (SSSR count). The zero-order valence-corrected chi connectivity index (χ0v) is 12.4. The number of carbonyl (C=O) groups is 2. The lowest BCUT2D eigenvalue weighted by Gasteiger charge is -2.20. The molecule has 18 heavy (non-hydrogen) atoms. The van der Waals surface area contributed by atoms with Crippen molar-refractivity contribution in [3.63, 3.8) is 0 Å². The van der Waals surface area contributed by atoms with Gasteiger partial charge in [-0.15, -0.1) is 0 Å². The molecule has 5 nitrogen and oxygen atoms in total. The highest BCUT2D eigenvalue weighted by Crippen LogP contribution is 2.20. The van der Waals surface area contributed by atoms with Crippen LogP contribution in [0.4, 0.5) is 10.5 Å². The standard InChI is InChI=1S/C12H14INO4/c1-12(2,3)18-11(17)14-9-6-7(13)4-5-8(9)10(15)16/h4-6H,1-3H3,(H,14,17)(H,15,16). The molecule has 1 aromatic carbocycles. The first-order valence-corrected chi connectivity index (χ1v) is 6.30. The monoisotopic (exact) mass is 363 g/mol. The van der Waals surface area contributed by atoms with Crippen molar-refractivity contribution in [1.29, 1.82) is 0 Å². The highest BCUT2D eigenvalue weighted by Gasteiger charge is 2.18. The predicted octanol–water partition coefficient (Wildman–Crippen LogP) is 3.34. The molecule has 6 heteroatoms. The second-order valence-corrected chi connectivity index (χ2v) is 5.87. The molecule has 0 spiro atoms. The van der Waals surface area contributed by atoms with Crippen LogP contribution in [0.5, 0.6) is 0 Å². The first-order valence-electron chi connectivity index (χ1n) is 5.22. The molecule has 0 aliphatic heterocycles. The van der Waals surface area contributed by atoms with E-state index in [1.54, 1.807) is 32.9 Å². The minimum absolute atomic E-state index is 0.0290. The Hall–Kier alpha value is -1.31. The van der Waals surface area contributed by atoms with Gasteiger partial charge in [0, 0.05) is 3.57 Å². The van der Waals surface area contributed by atoms with Crippen LogP contribution in [0.3, 0.4) is 0 Å². The van der Waals surface area contributed by atoms with Gasteiger partial charge in [0.05, 0.1) is 11.3 Å². The second-order valence-electron chi connectivity index (χ2n) is 4.62. The van der Waals surface area contributed by atoms with Crippen molar-refractivity contribution in [3.8, 4) is 0 Å². The average molecular weight is 363 g/mol. The van der Waals surface area contributed by atoms with Crippen LogP contribution in [0.15, 0.2) is 18.2 Å². The normalized spacial score (nSPS) is 10.9. The van der Waals surface area contributed by atoms with E-state index in [2.05, 4.69) is 5.32 Å². The number of carboxylic acids is 1. The number of benzene rings is 1. The van der Waals surface area contributed by atoms with Crippen LogP contribution in [-0.4, -0.2) is 22.8 Å². The van der Waals surface area contributed by atoms with Gasteiger partial charge >= 0.3 is 12.1 Å². The van der Waals surface area contributed by atoms with Gasteiger partial charge in [0.1, 0.15) is 5.60 Å². The van der Waals surface area contributed by atoms with Gasteiger partial charge in [0.25, 0.3) is 0 Å². The third-order valence-corrected chi connectivity index (χ3v) is 2.52. The largest absolute Gasteiger partial charge is 0.478 e. The molecule has 0 fully saturated rings. The maximum atomic E-state index is 11.6. The average Bonchev–Trinajstić information content (AvgIpc) is 2.13. The van der Waals surface area contributed by atoms with Gasteiger partial charge in [-0.1, -0.05) is 0 Å². The quantitative estimate of drug-likeness (QED) is 0.791. The number of carbonyl (C=O) groups excluding carboxylic acids is 1. The number of aromatic carboxylic acids is 1. The number of ether oxygens (including phenoxy) is 1. The Morgan fingerprint density at radius 1 is 1.33 bits per heavy atom. The second kappa shape index (κ2) is 5.55. The lowest BCUT2D eigenvalue weighted by atomic mass is 10.2. The highest BCUT2D eigenvalue weighted by molar-refractivity contribution is 14.1. The zero-order chi connectivity index (χ0) is 13.9. The zero-order valence-electron chi connectivity index (χ0n) is 10.3. The summed E-state index contributed by atoms with van der Waals surface area (Å²) in [5, 5.41) is 11.4. The summed E-state index contributed by atoms with van der Waals surface area (Å²) in [4.78, 5) is 22.6. The number of hydrogen-bond acceptors (Lipinski definition) is 3. The van der Waals surface area contributed by atoms with Crippen molar-refractivity contribution >= 4 is 40.3 Å². The van der Waals surface area contributed by atoms with E-state index in [9.17, 15) is 9.59 Å². The Balaban J connectivity index is 2.93. The number of amides is 1. The van der Waals surface area contributed by atoms with E-state index < -0.39 is 17.7 Å². The Morgan fingerprint density at radius 3 is 2.44 bits per heavy atom. The third-order valence-electron chi connectivity index (χ3n) is 1.85. The van der Waals surface area contributed by atoms with Crippen molar-refractivity contribution in [2.75, 3.05) is 5.32 Å². The SMILES string of the molecule is CC(C)(C)OC(=O)Nc1cc(I)ccc1C(=O)O. The first-order chi connectivity index (χ1) is 8.19. The maximum absolute atomic E-state index is 11.6. The number of halogens is 1. The summed E-state index contributed by atoms with van der Waals surface area (Å²) < 4.78 is 5.89. The molecule has 0 saturated heterocycles. The van der Waals surface area contributed by atoms with Crippen LogP contribution < -0.4 is 5.32 Å². The van der Waals surface area contributed by atoms with Crippen LogP contribution in [-0.2, 0) is 4.74 Å². The number of rotatable bonds is 2. The first kappa shape index (κ1) is 14.7. The lowest BCUT2D eigenvalue weighted by molar-refractivity contribution is 0.0636. The molecule has 0 heterocycles. The molecule has 1 amide bonds. The number of anilines is 1. The highest BCUT2D eigenvalue weighted by atomic mass is 127. The van der Waals surface area contributed by atoms with Crippen LogP contribution in [0, 0.1) is 3.57 Å². The lowest BCUT2D eigenvalue weighted by Crippen LogP contribution is -2.27. The fourth-order valence-corrected chi connectivity index (χ4v) is 1.71. The van der Waals surface area contributed by atoms with E-state index in [0.29, 0.717) is 0 Å². The maximum Gasteiger partial charge on any atom is 0.412 e. The van der Waals surface area contributed by atoms with Gasteiger partial charge in [-0.05, 0) is 61.6 Å². The number of nitrogens with one attached hydrogen (secondary N) is 1. The summed E-state index contributed by atoms with van der Waals surface area (Å²) in [6.45, 7) is 5.21. The summed E-state index contributed by atoms with van der Waals surface area (Å²) in [5.41, 5.74) is -0.375. The molecular formula is C12H14INO4. The number of hydrogen-bond donors (Lipinski definition) is 2. The van der Waals surface area contributed by atoms with Crippen molar-refractivity contribution < 1.29 is 19.4 Å². The van der Waals surface area contributed by atoms with E-state index in [-0.39, 0.29) is 11.3 Å². The van der Waals surface area contributed by atoms with E-state index in [1.165, 1.54) is 6.07 Å². The Labute approximate surface area is 119 Å². The molecule has 2 N–H and O–H groups in total. The van der Waals surface area contributed by atoms with Gasteiger partial charge < -0.3 is 9.84 Å². The number of carboxylic acid groups (broad SMARTS) is 1. The molecule has 0 aromatic heterocycles. The van der Waals surface area contributed by atoms with Crippen LogP contribution in [0.25, 0.3) is 0 Å². The van der Waals surface area contributed by atoms with Gasteiger partial charge in [-0.25, -0.2) is 9.59 Å².